The number of aliphatic carboxylic acids is 1. The predicted molar refractivity (Wildman–Crippen MR) is 250 cm³/mol. The molecule has 0 N–H and O–H groups in total. The molecule has 0 spiro atoms. The van der Waals surface area contributed by atoms with E-state index in [-0.39, 0.29) is 42.7 Å². The second kappa shape index (κ2) is 43.2. The summed E-state index contributed by atoms with van der Waals surface area (Å²) in [6.45, 7) is 4.65. The lowest BCUT2D eigenvalue weighted by atomic mass is 10.1. The fourth-order valence-electron chi connectivity index (χ4n) is 7.35. The summed E-state index contributed by atoms with van der Waals surface area (Å²) in [5.74, 6) is -1.74. The summed E-state index contributed by atoms with van der Waals surface area (Å²) in [7, 11) is 5.41. The summed E-state index contributed by atoms with van der Waals surface area (Å²) >= 11 is 0. The van der Waals surface area contributed by atoms with Crippen molar-refractivity contribution in [3.8, 4) is 0 Å². The summed E-state index contributed by atoms with van der Waals surface area (Å²) in [5, 5.41) is 11.6. The molecule has 2 atom stereocenters. The minimum Gasteiger partial charge on any atom is -0.544 e. The van der Waals surface area contributed by atoms with Crippen LogP contribution >= 0.6 is 0 Å². The van der Waals surface area contributed by atoms with Gasteiger partial charge >= 0.3 is 11.9 Å². The number of rotatable bonds is 45. The van der Waals surface area contributed by atoms with E-state index in [9.17, 15) is 19.5 Å². The van der Waals surface area contributed by atoms with Gasteiger partial charge in [-0.25, -0.2) is 0 Å². The molecule has 0 aromatic heterocycles. The Morgan fingerprint density at radius 1 is 0.500 bits per heavy atom. The summed E-state index contributed by atoms with van der Waals surface area (Å²) < 4.78 is 17.2. The van der Waals surface area contributed by atoms with E-state index in [1.165, 1.54) is 141 Å². The average molecular weight is 846 g/mol. The molecule has 0 aliphatic rings. The average Bonchev–Trinajstić information content (AvgIpc) is 3.21. The number of likely N-dealkylation sites (N-methyl/N-ethyl adjacent to an activating group) is 1. The smallest absolute Gasteiger partial charge is 0.306 e. The molecule has 350 valence electrons. The molecule has 2 unspecified atom stereocenters. The number of nitrogens with zero attached hydrogens (tertiary/aromatic N) is 1. The van der Waals surface area contributed by atoms with Gasteiger partial charge in [-0.1, -0.05) is 179 Å². The van der Waals surface area contributed by atoms with E-state index in [0.717, 1.165) is 51.4 Å². The van der Waals surface area contributed by atoms with Crippen LogP contribution in [0.4, 0.5) is 0 Å². The van der Waals surface area contributed by atoms with E-state index in [0.29, 0.717) is 12.8 Å². The van der Waals surface area contributed by atoms with E-state index >= 15 is 0 Å². The number of hydrogen-bond acceptors (Lipinski definition) is 7. The Balaban J connectivity index is 4.26. The maximum Gasteiger partial charge on any atom is 0.306 e. The quantitative estimate of drug-likeness (QED) is 0.0198. The Morgan fingerprint density at radius 3 is 1.32 bits per heavy atom. The van der Waals surface area contributed by atoms with Gasteiger partial charge in [0.2, 0.25) is 0 Å². The second-order valence-corrected chi connectivity index (χ2v) is 18.1. The molecular formula is C52H95NO7. The minimum absolute atomic E-state index is 0.0381. The number of carbonyl (C=O) groups excluding carboxylic acids is 3. The van der Waals surface area contributed by atoms with Crippen LogP contribution in [0.2, 0.25) is 0 Å². The Morgan fingerprint density at radius 2 is 0.883 bits per heavy atom. The van der Waals surface area contributed by atoms with Gasteiger partial charge in [-0.05, 0) is 64.2 Å². The first-order valence-corrected chi connectivity index (χ1v) is 25.0. The Hall–Kier alpha value is -2.45. The molecule has 8 nitrogen and oxygen atoms in total. The maximum atomic E-state index is 12.8. The van der Waals surface area contributed by atoms with Crippen LogP contribution in [0.15, 0.2) is 36.5 Å². The lowest BCUT2D eigenvalue weighted by molar-refractivity contribution is -0.889. The molecule has 0 amide bonds. The van der Waals surface area contributed by atoms with E-state index in [4.69, 9.17) is 14.2 Å². The van der Waals surface area contributed by atoms with Crippen LogP contribution in [0.5, 0.6) is 0 Å². The molecular weight excluding hydrogens is 751 g/mol. The molecule has 0 heterocycles. The topological polar surface area (TPSA) is 102 Å². The van der Waals surface area contributed by atoms with Gasteiger partial charge in [0.25, 0.3) is 0 Å². The summed E-state index contributed by atoms with van der Waals surface area (Å²) in [5.41, 5.74) is 0. The molecule has 0 saturated heterocycles. The zero-order valence-corrected chi connectivity index (χ0v) is 39.9. The molecule has 0 aromatic rings. The van der Waals surface area contributed by atoms with Crippen molar-refractivity contribution in [3.05, 3.63) is 36.5 Å². The highest BCUT2D eigenvalue weighted by molar-refractivity contribution is 5.70. The normalized spacial score (nSPS) is 13.2. The Labute approximate surface area is 370 Å². The summed E-state index contributed by atoms with van der Waals surface area (Å²) in [4.78, 5) is 37.0. The fourth-order valence-corrected chi connectivity index (χ4v) is 7.35. The molecule has 0 aromatic carbocycles. The molecule has 0 fully saturated rings. The first kappa shape index (κ1) is 57.5. The summed E-state index contributed by atoms with van der Waals surface area (Å²) in [6, 6.07) is -0.727. The number of esters is 2. The van der Waals surface area contributed by atoms with Crippen molar-refractivity contribution in [1.82, 2.24) is 0 Å². The van der Waals surface area contributed by atoms with Crippen molar-refractivity contribution in [2.24, 2.45) is 0 Å². The number of quaternary nitrogens is 1. The van der Waals surface area contributed by atoms with Crippen LogP contribution in [0.3, 0.4) is 0 Å². The van der Waals surface area contributed by atoms with E-state index in [1.807, 2.05) is 0 Å². The molecule has 8 heteroatoms. The van der Waals surface area contributed by atoms with Gasteiger partial charge in [-0.15, -0.1) is 0 Å². The molecule has 60 heavy (non-hydrogen) atoms. The monoisotopic (exact) mass is 846 g/mol. The largest absolute Gasteiger partial charge is 0.544 e. The lowest BCUT2D eigenvalue weighted by Crippen LogP contribution is -2.55. The van der Waals surface area contributed by atoms with Gasteiger partial charge in [0.05, 0.1) is 40.3 Å². The highest BCUT2D eigenvalue weighted by Gasteiger charge is 2.25. The highest BCUT2D eigenvalue weighted by Crippen LogP contribution is 2.15. The zero-order chi connectivity index (χ0) is 44.2. The second-order valence-electron chi connectivity index (χ2n) is 18.1. The van der Waals surface area contributed by atoms with Gasteiger partial charge < -0.3 is 28.6 Å². The van der Waals surface area contributed by atoms with Crippen molar-refractivity contribution >= 4 is 17.9 Å². The molecule has 0 aliphatic heterocycles. The van der Waals surface area contributed by atoms with Crippen molar-refractivity contribution in [1.29, 1.82) is 0 Å². The SMILES string of the molecule is CCCCCC/C=C/C=C/CCCCCCCCCCCCC(=O)OCC(COCCC(C(=O)[O-])[N+](C)(C)C)OC(=O)CCCCCCC/C=C/CCCCCCCCC. The molecule has 0 rings (SSSR count). The molecule has 0 bridgehead atoms. The minimum atomic E-state index is -1.13. The van der Waals surface area contributed by atoms with Crippen molar-refractivity contribution in [2.45, 2.75) is 238 Å². The number of allylic oxidation sites excluding steroid dienone is 6. The maximum absolute atomic E-state index is 12.8. The van der Waals surface area contributed by atoms with Gasteiger partial charge in [0, 0.05) is 19.3 Å². The first-order chi connectivity index (χ1) is 29.1. The number of carboxylic acids is 1. The Kier molecular flexibility index (Phi) is 41.4. The Bertz CT molecular complexity index is 1080. The van der Waals surface area contributed by atoms with Gasteiger partial charge in [0.15, 0.2) is 6.10 Å². The highest BCUT2D eigenvalue weighted by atomic mass is 16.6. The number of unbranched alkanes of at least 4 members (excludes halogenated alkanes) is 26. The molecule has 0 saturated carbocycles. The number of ether oxygens (including phenoxy) is 3. The standard InChI is InChI=1S/C52H95NO7/c1-6-8-10-12-14-16-18-20-22-24-25-26-27-29-30-32-34-36-38-40-42-50(54)59-47-48(46-58-45-44-49(52(56)57)53(3,4)5)60-51(55)43-41-39-37-35-33-31-28-23-21-19-17-15-13-11-9-7-2/h16,18,20,22-23,28,48-49H,6-15,17,19,21,24-27,29-47H2,1-5H3/b18-16+,22-20+,28-23+. The molecule has 0 aliphatic carbocycles. The van der Waals surface area contributed by atoms with Crippen molar-refractivity contribution in [2.75, 3.05) is 41.0 Å². The van der Waals surface area contributed by atoms with Crippen molar-refractivity contribution < 1.29 is 38.2 Å². The number of carboxylic acid groups (broad SMARTS) is 1. The van der Waals surface area contributed by atoms with Crippen LogP contribution in [0.25, 0.3) is 0 Å². The van der Waals surface area contributed by atoms with Gasteiger partial charge in [-0.3, -0.25) is 9.59 Å². The third-order valence-electron chi connectivity index (χ3n) is 11.3. The third kappa shape index (κ3) is 40.9. The van der Waals surface area contributed by atoms with Gasteiger partial charge in [-0.2, -0.15) is 0 Å². The number of hydrogen-bond donors (Lipinski definition) is 0. The first-order valence-electron chi connectivity index (χ1n) is 25.0. The molecule has 0 radical (unpaired) electrons. The summed E-state index contributed by atoms with van der Waals surface area (Å²) in [6.07, 6.45) is 50.2. The van der Waals surface area contributed by atoms with Crippen LogP contribution in [-0.2, 0) is 28.6 Å². The van der Waals surface area contributed by atoms with Crippen molar-refractivity contribution in [3.63, 3.8) is 0 Å². The van der Waals surface area contributed by atoms with Crippen LogP contribution in [0.1, 0.15) is 226 Å². The fraction of sp³-hybridized carbons (Fsp3) is 0.827. The van der Waals surface area contributed by atoms with Gasteiger partial charge in [0.1, 0.15) is 12.6 Å². The number of carbonyl (C=O) groups is 3. The third-order valence-corrected chi connectivity index (χ3v) is 11.3. The van der Waals surface area contributed by atoms with E-state index < -0.39 is 18.1 Å². The van der Waals surface area contributed by atoms with Crippen LogP contribution < -0.4 is 5.11 Å². The van der Waals surface area contributed by atoms with Crippen LogP contribution in [-0.4, -0.2) is 75.5 Å². The van der Waals surface area contributed by atoms with Crippen LogP contribution in [0, 0.1) is 0 Å². The predicted octanol–water partition coefficient (Wildman–Crippen LogP) is 12.9. The van der Waals surface area contributed by atoms with E-state index in [2.05, 4.69) is 50.3 Å². The lowest BCUT2D eigenvalue weighted by Gasteiger charge is -2.34. The zero-order valence-electron chi connectivity index (χ0n) is 39.9. The van der Waals surface area contributed by atoms with E-state index in [1.54, 1.807) is 21.1 Å².